The first-order valence-corrected chi connectivity index (χ1v) is 6.58. The Morgan fingerprint density at radius 2 is 2.05 bits per heavy atom. The van der Waals surface area contributed by atoms with Crippen molar-refractivity contribution < 1.29 is 18.0 Å². The second-order valence-corrected chi connectivity index (χ2v) is 4.55. The van der Waals surface area contributed by atoms with Crippen LogP contribution in [0.3, 0.4) is 0 Å². The van der Waals surface area contributed by atoms with Crippen LogP contribution in [0, 0.1) is 0 Å². The highest BCUT2D eigenvalue weighted by atomic mass is 19.4. The number of rotatable bonds is 5. The van der Waals surface area contributed by atoms with Crippen LogP contribution in [-0.4, -0.2) is 35.8 Å². The Hall–Kier alpha value is -2.35. The number of halogens is 3. The van der Waals surface area contributed by atoms with E-state index in [1.54, 1.807) is 25.2 Å². The quantitative estimate of drug-likeness (QED) is 0.828. The molecule has 118 valence electrons. The van der Waals surface area contributed by atoms with E-state index < -0.39 is 11.9 Å². The van der Waals surface area contributed by atoms with Crippen LogP contribution in [0.4, 0.5) is 13.2 Å². The molecule has 0 radical (unpaired) electrons. The number of nitrogens with one attached hydrogen (secondary N) is 2. The molecule has 8 heteroatoms. The molecule has 0 spiro atoms. The van der Waals surface area contributed by atoms with Crippen molar-refractivity contribution in [1.82, 2.24) is 20.4 Å². The van der Waals surface area contributed by atoms with Gasteiger partial charge in [0.25, 0.3) is 5.91 Å². The summed E-state index contributed by atoms with van der Waals surface area (Å²) in [4.78, 5) is 11.9. The van der Waals surface area contributed by atoms with Gasteiger partial charge in [0, 0.05) is 24.8 Å². The van der Waals surface area contributed by atoms with Gasteiger partial charge < -0.3 is 10.6 Å². The third-order valence-corrected chi connectivity index (χ3v) is 2.91. The standard InChI is InChI=1S/C14H15F3N4O/c1-18-6-7-19-13(22)10-3-2-4-11(9-10)21-8-5-12(20-21)14(15,16)17/h2-5,8-9,18H,6-7H2,1H3,(H,19,22). The number of amides is 1. The molecule has 22 heavy (non-hydrogen) atoms. The zero-order chi connectivity index (χ0) is 16.2. The van der Waals surface area contributed by atoms with Gasteiger partial charge in [0.2, 0.25) is 0 Å². The molecule has 5 nitrogen and oxygen atoms in total. The van der Waals surface area contributed by atoms with Gasteiger partial charge >= 0.3 is 6.18 Å². The molecular formula is C14H15F3N4O. The zero-order valence-electron chi connectivity index (χ0n) is 11.8. The molecule has 0 atom stereocenters. The minimum atomic E-state index is -4.49. The molecule has 0 aliphatic rings. The topological polar surface area (TPSA) is 58.9 Å². The van der Waals surface area contributed by atoms with Crippen molar-refractivity contribution in [2.75, 3.05) is 20.1 Å². The summed E-state index contributed by atoms with van der Waals surface area (Å²) < 4.78 is 38.7. The molecule has 0 unspecified atom stereocenters. The smallest absolute Gasteiger partial charge is 0.351 e. The van der Waals surface area contributed by atoms with Crippen LogP contribution in [-0.2, 0) is 6.18 Å². The first-order chi connectivity index (χ1) is 10.4. The van der Waals surface area contributed by atoms with Crippen molar-refractivity contribution >= 4 is 5.91 Å². The molecule has 0 saturated carbocycles. The van der Waals surface area contributed by atoms with Gasteiger partial charge in [-0.15, -0.1) is 0 Å². The first kappa shape index (κ1) is 16.0. The molecule has 2 N–H and O–H groups in total. The highest BCUT2D eigenvalue weighted by Crippen LogP contribution is 2.27. The molecule has 1 heterocycles. The van der Waals surface area contributed by atoms with E-state index in [0.29, 0.717) is 24.3 Å². The van der Waals surface area contributed by atoms with Gasteiger partial charge in [-0.25, -0.2) is 4.68 Å². The maximum Gasteiger partial charge on any atom is 0.435 e. The van der Waals surface area contributed by atoms with Gasteiger partial charge in [0.15, 0.2) is 5.69 Å². The van der Waals surface area contributed by atoms with E-state index in [-0.39, 0.29) is 5.91 Å². The Balaban J connectivity index is 2.18. The molecule has 2 rings (SSSR count). The van der Waals surface area contributed by atoms with Crippen molar-refractivity contribution in [3.63, 3.8) is 0 Å². The van der Waals surface area contributed by atoms with Gasteiger partial charge in [-0.3, -0.25) is 4.79 Å². The number of nitrogens with zero attached hydrogens (tertiary/aromatic N) is 2. The molecule has 1 amide bonds. The Morgan fingerprint density at radius 1 is 1.27 bits per heavy atom. The highest BCUT2D eigenvalue weighted by molar-refractivity contribution is 5.94. The summed E-state index contributed by atoms with van der Waals surface area (Å²) in [6, 6.07) is 7.14. The number of aromatic nitrogens is 2. The Kier molecular flexibility index (Phi) is 4.81. The lowest BCUT2D eigenvalue weighted by Crippen LogP contribution is -2.30. The van der Waals surface area contributed by atoms with Crippen LogP contribution in [0.25, 0.3) is 5.69 Å². The van der Waals surface area contributed by atoms with Crippen LogP contribution in [0.15, 0.2) is 36.5 Å². The number of hydrogen-bond acceptors (Lipinski definition) is 3. The molecule has 0 aliphatic carbocycles. The monoisotopic (exact) mass is 312 g/mol. The number of likely N-dealkylation sites (N-methyl/N-ethyl adjacent to an activating group) is 1. The summed E-state index contributed by atoms with van der Waals surface area (Å²) in [5.74, 6) is -0.291. The van der Waals surface area contributed by atoms with Gasteiger partial charge in [-0.1, -0.05) is 6.07 Å². The zero-order valence-corrected chi connectivity index (χ0v) is 11.8. The van der Waals surface area contributed by atoms with Gasteiger partial charge in [0.1, 0.15) is 0 Å². The number of benzene rings is 1. The van der Waals surface area contributed by atoms with Gasteiger partial charge in [0.05, 0.1) is 5.69 Å². The molecule has 1 aromatic carbocycles. The SMILES string of the molecule is CNCCNC(=O)c1cccc(-n2ccc(C(F)(F)F)n2)c1. The van der Waals surface area contributed by atoms with E-state index in [1.165, 1.54) is 12.3 Å². The fourth-order valence-corrected chi connectivity index (χ4v) is 1.81. The van der Waals surface area contributed by atoms with Gasteiger partial charge in [-0.05, 0) is 31.3 Å². The summed E-state index contributed by atoms with van der Waals surface area (Å²) in [7, 11) is 1.77. The lowest BCUT2D eigenvalue weighted by Gasteiger charge is -2.07. The summed E-state index contributed by atoms with van der Waals surface area (Å²) in [6.07, 6.45) is -3.28. The van der Waals surface area contributed by atoms with Crippen molar-refractivity contribution in [2.24, 2.45) is 0 Å². The Labute approximate surface area is 125 Å². The molecular weight excluding hydrogens is 297 g/mol. The lowest BCUT2D eigenvalue weighted by molar-refractivity contribution is -0.141. The first-order valence-electron chi connectivity index (χ1n) is 6.58. The van der Waals surface area contributed by atoms with Crippen molar-refractivity contribution in [3.05, 3.63) is 47.8 Å². The van der Waals surface area contributed by atoms with Crippen molar-refractivity contribution in [3.8, 4) is 5.69 Å². The summed E-state index contributed by atoms with van der Waals surface area (Å²) in [5, 5.41) is 9.07. The van der Waals surface area contributed by atoms with Crippen molar-refractivity contribution in [1.29, 1.82) is 0 Å². The van der Waals surface area contributed by atoms with Crippen LogP contribution < -0.4 is 10.6 Å². The van der Waals surface area contributed by atoms with E-state index in [4.69, 9.17) is 0 Å². The van der Waals surface area contributed by atoms with Crippen LogP contribution in [0.2, 0.25) is 0 Å². The molecule has 0 aliphatic heterocycles. The summed E-state index contributed by atoms with van der Waals surface area (Å²) >= 11 is 0. The fraction of sp³-hybridized carbons (Fsp3) is 0.286. The van der Waals surface area contributed by atoms with E-state index >= 15 is 0 Å². The molecule has 2 aromatic rings. The van der Waals surface area contributed by atoms with Crippen LogP contribution >= 0.6 is 0 Å². The predicted molar refractivity (Wildman–Crippen MR) is 74.8 cm³/mol. The Morgan fingerprint density at radius 3 is 2.68 bits per heavy atom. The molecule has 0 saturated heterocycles. The summed E-state index contributed by atoms with van der Waals surface area (Å²) in [5.41, 5.74) is -0.231. The van der Waals surface area contributed by atoms with E-state index in [2.05, 4.69) is 15.7 Å². The minimum Gasteiger partial charge on any atom is -0.351 e. The molecule has 0 fully saturated rings. The van der Waals surface area contributed by atoms with Gasteiger partial charge in [-0.2, -0.15) is 18.3 Å². The second kappa shape index (κ2) is 6.61. The van der Waals surface area contributed by atoms with E-state index in [9.17, 15) is 18.0 Å². The third kappa shape index (κ3) is 3.85. The number of carbonyl (C=O) groups excluding carboxylic acids is 1. The predicted octanol–water partition coefficient (Wildman–Crippen LogP) is 1.84. The average molecular weight is 312 g/mol. The third-order valence-electron chi connectivity index (χ3n) is 2.91. The molecule has 1 aromatic heterocycles. The number of hydrogen-bond donors (Lipinski definition) is 2. The fourth-order valence-electron chi connectivity index (χ4n) is 1.81. The second-order valence-electron chi connectivity index (χ2n) is 4.55. The normalized spacial score (nSPS) is 11.5. The summed E-state index contributed by atoms with van der Waals surface area (Å²) in [6.45, 7) is 1.08. The highest BCUT2D eigenvalue weighted by Gasteiger charge is 2.33. The van der Waals surface area contributed by atoms with E-state index in [0.717, 1.165) is 10.7 Å². The largest absolute Gasteiger partial charge is 0.435 e. The molecule has 0 bridgehead atoms. The van der Waals surface area contributed by atoms with Crippen LogP contribution in [0.5, 0.6) is 0 Å². The number of carbonyl (C=O) groups is 1. The maximum atomic E-state index is 12.6. The number of alkyl halides is 3. The average Bonchev–Trinajstić information content (AvgIpc) is 2.97. The van der Waals surface area contributed by atoms with Crippen molar-refractivity contribution in [2.45, 2.75) is 6.18 Å². The van der Waals surface area contributed by atoms with Crippen LogP contribution in [0.1, 0.15) is 16.1 Å². The minimum absolute atomic E-state index is 0.291. The maximum absolute atomic E-state index is 12.6. The Bertz CT molecular complexity index is 652. The van der Waals surface area contributed by atoms with E-state index in [1.807, 2.05) is 0 Å². The lowest BCUT2D eigenvalue weighted by atomic mass is 10.2.